The number of rotatable bonds is 5. The number of hydrogen-bond acceptors (Lipinski definition) is 4. The Hall–Kier alpha value is -2.54. The zero-order chi connectivity index (χ0) is 21.1. The molecule has 0 spiro atoms. The Kier molecular flexibility index (Phi) is 6.27. The summed E-state index contributed by atoms with van der Waals surface area (Å²) in [6, 6.07) is 15.8. The predicted octanol–water partition coefficient (Wildman–Crippen LogP) is 5.18. The number of nitrogens with zero attached hydrogens (tertiary/aromatic N) is 1. The molecule has 0 radical (unpaired) electrons. The van der Waals surface area contributed by atoms with E-state index in [1.54, 1.807) is 11.3 Å². The third kappa shape index (κ3) is 4.31. The van der Waals surface area contributed by atoms with Gasteiger partial charge in [0.2, 0.25) is 0 Å². The van der Waals surface area contributed by atoms with Crippen molar-refractivity contribution < 1.29 is 13.9 Å². The van der Waals surface area contributed by atoms with Crippen LogP contribution in [0.3, 0.4) is 0 Å². The van der Waals surface area contributed by atoms with Gasteiger partial charge in [-0.1, -0.05) is 30.3 Å². The highest BCUT2D eigenvalue weighted by Gasteiger charge is 2.30. The third-order valence-electron chi connectivity index (χ3n) is 5.56. The Morgan fingerprint density at radius 2 is 1.73 bits per heavy atom. The first-order chi connectivity index (χ1) is 14.5. The quantitative estimate of drug-likeness (QED) is 0.614. The number of anilines is 1. The maximum Gasteiger partial charge on any atom is 0.256 e. The summed E-state index contributed by atoms with van der Waals surface area (Å²) in [5.74, 6) is -0.381. The molecular formula is C24H25FN2O2S. The topological polar surface area (TPSA) is 41.6 Å². The van der Waals surface area contributed by atoms with Crippen molar-refractivity contribution in [1.82, 2.24) is 4.90 Å². The predicted molar refractivity (Wildman–Crippen MR) is 119 cm³/mol. The summed E-state index contributed by atoms with van der Waals surface area (Å²) >= 11 is 1.59. The van der Waals surface area contributed by atoms with E-state index >= 15 is 0 Å². The van der Waals surface area contributed by atoms with Crippen LogP contribution in [-0.4, -0.2) is 37.1 Å². The second kappa shape index (κ2) is 9.08. The lowest BCUT2D eigenvalue weighted by atomic mass is 9.94. The number of morpholine rings is 1. The van der Waals surface area contributed by atoms with Gasteiger partial charge in [0.15, 0.2) is 0 Å². The Morgan fingerprint density at radius 3 is 2.40 bits per heavy atom. The van der Waals surface area contributed by atoms with Gasteiger partial charge in [0, 0.05) is 29.1 Å². The van der Waals surface area contributed by atoms with E-state index < -0.39 is 0 Å². The summed E-state index contributed by atoms with van der Waals surface area (Å²) in [6.45, 7) is 7.04. The Morgan fingerprint density at radius 1 is 1.07 bits per heavy atom. The van der Waals surface area contributed by atoms with Crippen molar-refractivity contribution in [2.24, 2.45) is 0 Å². The lowest BCUT2D eigenvalue weighted by Gasteiger charge is -2.35. The average molecular weight is 425 g/mol. The molecule has 0 aliphatic carbocycles. The molecular weight excluding hydrogens is 399 g/mol. The normalized spacial score (nSPS) is 15.7. The molecule has 4 nitrogen and oxygen atoms in total. The molecule has 1 atom stereocenters. The van der Waals surface area contributed by atoms with Gasteiger partial charge < -0.3 is 10.1 Å². The van der Waals surface area contributed by atoms with Crippen molar-refractivity contribution in [3.8, 4) is 0 Å². The fourth-order valence-corrected chi connectivity index (χ4v) is 4.96. The summed E-state index contributed by atoms with van der Waals surface area (Å²) < 4.78 is 19.2. The number of amides is 1. The highest BCUT2D eigenvalue weighted by Crippen LogP contribution is 2.42. The minimum absolute atomic E-state index is 0.0782. The molecule has 1 saturated heterocycles. The summed E-state index contributed by atoms with van der Waals surface area (Å²) in [7, 11) is 0. The molecule has 2 aromatic carbocycles. The van der Waals surface area contributed by atoms with Crippen molar-refractivity contribution in [2.75, 3.05) is 31.6 Å². The second-order valence-electron chi connectivity index (χ2n) is 7.45. The zero-order valence-corrected chi connectivity index (χ0v) is 18.0. The standard InChI is InChI=1S/C24H25FN2O2S/c1-16-17(2)30-24(26-23(28)19-6-4-3-5-7-19)21(16)22(27-12-14-29-15-13-27)18-8-10-20(25)11-9-18/h3-11,22H,12-15H2,1-2H3,(H,26,28)/t22-/m0/s1. The number of carbonyl (C=O) groups is 1. The second-order valence-corrected chi connectivity index (χ2v) is 8.67. The molecule has 2 heterocycles. The van der Waals surface area contributed by atoms with Crippen LogP contribution >= 0.6 is 11.3 Å². The molecule has 1 aliphatic rings. The first-order valence-corrected chi connectivity index (χ1v) is 10.9. The molecule has 4 rings (SSSR count). The molecule has 1 amide bonds. The molecule has 1 aliphatic heterocycles. The highest BCUT2D eigenvalue weighted by atomic mass is 32.1. The molecule has 1 fully saturated rings. The zero-order valence-electron chi connectivity index (χ0n) is 17.2. The number of aryl methyl sites for hydroxylation is 1. The fourth-order valence-electron chi connectivity index (χ4n) is 3.87. The molecule has 3 aromatic rings. The van der Waals surface area contributed by atoms with Crippen LogP contribution in [-0.2, 0) is 4.74 Å². The average Bonchev–Trinajstić information content (AvgIpc) is 3.04. The van der Waals surface area contributed by atoms with E-state index in [1.165, 1.54) is 12.1 Å². The molecule has 30 heavy (non-hydrogen) atoms. The van der Waals surface area contributed by atoms with Crippen LogP contribution < -0.4 is 5.32 Å². The van der Waals surface area contributed by atoms with Crippen LogP contribution in [0.15, 0.2) is 54.6 Å². The lowest BCUT2D eigenvalue weighted by Crippen LogP contribution is -2.40. The van der Waals surface area contributed by atoms with Crippen LogP contribution in [0.2, 0.25) is 0 Å². The van der Waals surface area contributed by atoms with Crippen molar-refractivity contribution >= 4 is 22.2 Å². The number of nitrogens with one attached hydrogen (secondary N) is 1. The van der Waals surface area contributed by atoms with E-state index in [1.807, 2.05) is 42.5 Å². The van der Waals surface area contributed by atoms with Gasteiger partial charge in [0.1, 0.15) is 10.8 Å². The summed E-state index contributed by atoms with van der Waals surface area (Å²) in [5, 5.41) is 3.98. The van der Waals surface area contributed by atoms with E-state index in [0.717, 1.165) is 39.7 Å². The van der Waals surface area contributed by atoms with E-state index in [9.17, 15) is 9.18 Å². The number of hydrogen-bond donors (Lipinski definition) is 1. The van der Waals surface area contributed by atoms with Gasteiger partial charge in [-0.2, -0.15) is 0 Å². The van der Waals surface area contributed by atoms with Gasteiger partial charge in [-0.25, -0.2) is 4.39 Å². The molecule has 6 heteroatoms. The summed E-state index contributed by atoms with van der Waals surface area (Å²) in [5.41, 5.74) is 3.87. The number of halogens is 1. The molecule has 1 N–H and O–H groups in total. The van der Waals surface area contributed by atoms with Crippen molar-refractivity contribution in [1.29, 1.82) is 0 Å². The number of ether oxygens (including phenoxy) is 1. The van der Waals surface area contributed by atoms with E-state index in [-0.39, 0.29) is 17.8 Å². The maximum atomic E-state index is 13.6. The SMILES string of the molecule is Cc1sc(NC(=O)c2ccccc2)c([C@H](c2ccc(F)cc2)N2CCOCC2)c1C. The number of carbonyl (C=O) groups excluding carboxylic acids is 1. The lowest BCUT2D eigenvalue weighted by molar-refractivity contribution is 0.0240. The maximum absolute atomic E-state index is 13.6. The number of benzene rings is 2. The molecule has 0 unspecified atom stereocenters. The van der Waals surface area contributed by atoms with E-state index in [2.05, 4.69) is 24.1 Å². The first kappa shape index (κ1) is 20.7. The van der Waals surface area contributed by atoms with Crippen molar-refractivity contribution in [2.45, 2.75) is 19.9 Å². The van der Waals surface area contributed by atoms with Gasteiger partial charge in [-0.05, 0) is 49.2 Å². The van der Waals surface area contributed by atoms with Gasteiger partial charge in [-0.3, -0.25) is 9.69 Å². The van der Waals surface area contributed by atoms with Crippen LogP contribution in [0.5, 0.6) is 0 Å². The Bertz CT molecular complexity index is 1010. The minimum Gasteiger partial charge on any atom is -0.379 e. The van der Waals surface area contributed by atoms with Crippen LogP contribution in [0.25, 0.3) is 0 Å². The summed E-state index contributed by atoms with van der Waals surface area (Å²) in [6.07, 6.45) is 0. The smallest absolute Gasteiger partial charge is 0.256 e. The summed E-state index contributed by atoms with van der Waals surface area (Å²) in [4.78, 5) is 16.4. The van der Waals surface area contributed by atoms with E-state index in [4.69, 9.17) is 4.74 Å². The van der Waals surface area contributed by atoms with Crippen LogP contribution in [0.4, 0.5) is 9.39 Å². The van der Waals surface area contributed by atoms with Gasteiger partial charge in [-0.15, -0.1) is 11.3 Å². The molecule has 0 bridgehead atoms. The molecule has 0 saturated carbocycles. The van der Waals surface area contributed by atoms with Crippen molar-refractivity contribution in [3.05, 3.63) is 87.5 Å². The number of thiophene rings is 1. The highest BCUT2D eigenvalue weighted by molar-refractivity contribution is 7.16. The monoisotopic (exact) mass is 424 g/mol. The minimum atomic E-state index is -0.254. The van der Waals surface area contributed by atoms with Gasteiger partial charge in [0.05, 0.1) is 19.3 Å². The Balaban J connectivity index is 1.76. The molecule has 156 valence electrons. The van der Waals surface area contributed by atoms with Crippen molar-refractivity contribution in [3.63, 3.8) is 0 Å². The largest absolute Gasteiger partial charge is 0.379 e. The van der Waals surface area contributed by atoms with Crippen LogP contribution in [0, 0.1) is 19.7 Å². The fraction of sp³-hybridized carbons (Fsp3) is 0.292. The van der Waals surface area contributed by atoms with Gasteiger partial charge in [0.25, 0.3) is 5.91 Å². The molecule has 1 aromatic heterocycles. The first-order valence-electron chi connectivity index (χ1n) is 10.1. The van der Waals surface area contributed by atoms with E-state index in [0.29, 0.717) is 18.8 Å². The van der Waals surface area contributed by atoms with Gasteiger partial charge >= 0.3 is 0 Å². The van der Waals surface area contributed by atoms with Crippen LogP contribution in [0.1, 0.15) is 38.0 Å². The third-order valence-corrected chi connectivity index (χ3v) is 6.70. The Labute approximate surface area is 180 Å².